The molecule has 2 heteroatoms. The van der Waals surface area contributed by atoms with E-state index in [-0.39, 0.29) is 0 Å². The fraction of sp³-hybridized carbons (Fsp3) is 0.130. The van der Waals surface area contributed by atoms with Crippen LogP contribution in [0, 0.1) is 25.7 Å². The first-order chi connectivity index (χ1) is 23.4. The number of aryl methyl sites for hydroxylation is 2. The van der Waals surface area contributed by atoms with Crippen molar-refractivity contribution in [1.82, 2.24) is 0 Å². The molecule has 0 fully saturated rings. The van der Waals surface area contributed by atoms with Crippen LogP contribution in [0.1, 0.15) is 30.5 Å². The molecule has 0 N–H and O–H groups in total. The minimum absolute atomic E-state index is 0.542. The van der Waals surface area contributed by atoms with Gasteiger partial charge < -0.3 is 9.80 Å². The van der Waals surface area contributed by atoms with Crippen LogP contribution in [0.2, 0.25) is 0 Å². The van der Waals surface area contributed by atoms with Gasteiger partial charge in [-0.15, -0.1) is 0 Å². The summed E-state index contributed by atoms with van der Waals surface area (Å²) in [5.74, 6) is 1.12. The lowest BCUT2D eigenvalue weighted by molar-refractivity contribution is 0.554. The molecule has 0 aliphatic heterocycles. The van der Waals surface area contributed by atoms with E-state index in [1.165, 1.54) is 33.4 Å². The van der Waals surface area contributed by atoms with Gasteiger partial charge in [-0.2, -0.15) is 0 Å². The number of hydrogen-bond acceptors (Lipinski definition) is 2. The van der Waals surface area contributed by atoms with Crippen molar-refractivity contribution in [2.24, 2.45) is 11.8 Å². The Morgan fingerprint density at radius 3 is 1.27 bits per heavy atom. The van der Waals surface area contributed by atoms with E-state index in [4.69, 9.17) is 0 Å². The fourth-order valence-corrected chi connectivity index (χ4v) is 6.53. The van der Waals surface area contributed by atoms with Gasteiger partial charge in [0.2, 0.25) is 0 Å². The maximum atomic E-state index is 2.39. The van der Waals surface area contributed by atoms with Crippen LogP contribution in [0.25, 0.3) is 16.7 Å². The van der Waals surface area contributed by atoms with E-state index in [0.29, 0.717) is 11.8 Å². The average Bonchev–Trinajstić information content (AvgIpc) is 3.11. The number of anilines is 6. The van der Waals surface area contributed by atoms with Gasteiger partial charge in [0.05, 0.1) is 0 Å². The highest BCUT2D eigenvalue weighted by Gasteiger charge is 2.17. The van der Waals surface area contributed by atoms with Gasteiger partial charge >= 0.3 is 0 Å². The molecular formula is C46H42N2. The second-order valence-corrected chi connectivity index (χ2v) is 13.0. The predicted octanol–water partition coefficient (Wildman–Crippen LogP) is 13.1. The minimum Gasteiger partial charge on any atom is -0.311 e. The Hall–Kier alpha value is -5.60. The molecule has 7 rings (SSSR count). The van der Waals surface area contributed by atoms with Crippen LogP contribution < -0.4 is 9.80 Å². The monoisotopic (exact) mass is 622 g/mol. The first-order valence-electron chi connectivity index (χ1n) is 16.9. The van der Waals surface area contributed by atoms with Crippen LogP contribution in [-0.4, -0.2) is 0 Å². The first kappa shape index (κ1) is 31.0. The van der Waals surface area contributed by atoms with Crippen LogP contribution in [0.15, 0.2) is 170 Å². The second-order valence-electron chi connectivity index (χ2n) is 13.0. The van der Waals surface area contributed by atoms with E-state index < -0.39 is 0 Å². The van der Waals surface area contributed by atoms with Crippen molar-refractivity contribution < 1.29 is 0 Å². The minimum atomic E-state index is 0.542. The number of para-hydroxylation sites is 1. The molecule has 1 aliphatic rings. The maximum Gasteiger partial charge on any atom is 0.0464 e. The van der Waals surface area contributed by atoms with Gasteiger partial charge in [-0.05, 0) is 132 Å². The zero-order valence-corrected chi connectivity index (χ0v) is 28.2. The molecule has 6 aromatic rings. The van der Waals surface area contributed by atoms with Gasteiger partial charge in [0.1, 0.15) is 0 Å². The molecule has 0 bridgehead atoms. The van der Waals surface area contributed by atoms with Crippen molar-refractivity contribution in [3.63, 3.8) is 0 Å². The van der Waals surface area contributed by atoms with E-state index >= 15 is 0 Å². The third kappa shape index (κ3) is 6.61. The molecule has 2 atom stereocenters. The molecule has 1 aliphatic carbocycles. The van der Waals surface area contributed by atoms with E-state index in [0.717, 1.165) is 34.1 Å². The smallest absolute Gasteiger partial charge is 0.0464 e. The normalized spacial score (nSPS) is 15.5. The Bertz CT molecular complexity index is 2010. The molecule has 48 heavy (non-hydrogen) atoms. The summed E-state index contributed by atoms with van der Waals surface area (Å²) in [4.78, 5) is 4.66. The molecular weight excluding hydrogens is 581 g/mol. The molecule has 2 nitrogen and oxygen atoms in total. The third-order valence-corrected chi connectivity index (χ3v) is 9.43. The highest BCUT2D eigenvalue weighted by Crippen LogP contribution is 2.39. The second kappa shape index (κ2) is 13.6. The summed E-state index contributed by atoms with van der Waals surface area (Å²) in [6, 6.07) is 54.8. The third-order valence-electron chi connectivity index (χ3n) is 9.43. The lowest BCUT2D eigenvalue weighted by Gasteiger charge is -2.27. The maximum absolute atomic E-state index is 2.39. The molecule has 6 aromatic carbocycles. The predicted molar refractivity (Wildman–Crippen MR) is 206 cm³/mol. The van der Waals surface area contributed by atoms with Crippen molar-refractivity contribution in [1.29, 1.82) is 0 Å². The highest BCUT2D eigenvalue weighted by atomic mass is 15.1. The topological polar surface area (TPSA) is 6.48 Å². The SMILES string of the molecule is Cc1cccc(N(c2ccc(-c3ccc(N(c4ccccc4)c4ccc(C5=CC(C)C(C)C=C5)cc4)cc3)cc2)c2cccc(C)c2)c1. The largest absolute Gasteiger partial charge is 0.311 e. The van der Waals surface area contributed by atoms with Crippen LogP contribution >= 0.6 is 0 Å². The molecule has 0 heterocycles. The van der Waals surface area contributed by atoms with Crippen molar-refractivity contribution in [3.05, 3.63) is 187 Å². The summed E-state index contributed by atoms with van der Waals surface area (Å²) in [5.41, 5.74) is 14.2. The van der Waals surface area contributed by atoms with Crippen LogP contribution in [-0.2, 0) is 0 Å². The number of nitrogens with zero attached hydrogens (tertiary/aromatic N) is 2. The molecule has 0 amide bonds. The molecule has 0 spiro atoms. The first-order valence-corrected chi connectivity index (χ1v) is 16.9. The summed E-state index contributed by atoms with van der Waals surface area (Å²) in [6.07, 6.45) is 6.98. The standard InChI is InChI=1S/C46H42N2/c1-33-10-8-14-45(30-33)48(46-15-9-11-34(2)31-46)44-26-20-38(21-27-44)37-18-24-42(25-19-37)47(41-12-6-5-7-13-41)43-28-22-39(23-29-43)40-17-16-35(3)36(4)32-40/h5-32,35-36H,1-4H3. The Kier molecular flexibility index (Phi) is 8.81. The van der Waals surface area contributed by atoms with E-state index in [2.05, 4.69) is 207 Å². The summed E-state index contributed by atoms with van der Waals surface area (Å²) < 4.78 is 0. The van der Waals surface area contributed by atoms with E-state index in [1.54, 1.807) is 0 Å². The lowest BCUT2D eigenvalue weighted by Crippen LogP contribution is -2.10. The van der Waals surface area contributed by atoms with Crippen molar-refractivity contribution >= 4 is 39.7 Å². The van der Waals surface area contributed by atoms with Gasteiger partial charge in [-0.3, -0.25) is 0 Å². The summed E-state index contributed by atoms with van der Waals surface area (Å²) in [7, 11) is 0. The van der Waals surface area contributed by atoms with Gasteiger partial charge in [-0.25, -0.2) is 0 Å². The van der Waals surface area contributed by atoms with E-state index in [9.17, 15) is 0 Å². The Balaban J connectivity index is 1.18. The zero-order valence-electron chi connectivity index (χ0n) is 28.2. The number of hydrogen-bond donors (Lipinski definition) is 0. The highest BCUT2D eigenvalue weighted by molar-refractivity contribution is 5.82. The molecule has 0 radical (unpaired) electrons. The molecule has 0 aromatic heterocycles. The summed E-state index contributed by atoms with van der Waals surface area (Å²) >= 11 is 0. The van der Waals surface area contributed by atoms with Gasteiger partial charge in [0.15, 0.2) is 0 Å². The van der Waals surface area contributed by atoms with Gasteiger partial charge in [-0.1, -0.05) is 111 Å². The van der Waals surface area contributed by atoms with Crippen molar-refractivity contribution in [2.75, 3.05) is 9.80 Å². The lowest BCUT2D eigenvalue weighted by atomic mass is 9.86. The van der Waals surface area contributed by atoms with Crippen LogP contribution in [0.3, 0.4) is 0 Å². The summed E-state index contributed by atoms with van der Waals surface area (Å²) in [6.45, 7) is 8.87. The molecule has 236 valence electrons. The Morgan fingerprint density at radius 1 is 0.396 bits per heavy atom. The molecule has 2 unspecified atom stereocenters. The fourth-order valence-electron chi connectivity index (χ4n) is 6.53. The van der Waals surface area contributed by atoms with Crippen molar-refractivity contribution in [3.8, 4) is 11.1 Å². The average molecular weight is 623 g/mol. The van der Waals surface area contributed by atoms with Crippen molar-refractivity contribution in [2.45, 2.75) is 27.7 Å². The van der Waals surface area contributed by atoms with Crippen LogP contribution in [0.5, 0.6) is 0 Å². The Labute approximate surface area is 286 Å². The van der Waals surface area contributed by atoms with Gasteiger partial charge in [0, 0.05) is 34.1 Å². The summed E-state index contributed by atoms with van der Waals surface area (Å²) in [5, 5.41) is 0. The molecule has 0 saturated heterocycles. The number of rotatable bonds is 8. The van der Waals surface area contributed by atoms with Gasteiger partial charge in [0.25, 0.3) is 0 Å². The number of benzene rings is 6. The van der Waals surface area contributed by atoms with Crippen LogP contribution in [0.4, 0.5) is 34.1 Å². The number of allylic oxidation sites excluding steroid dienone is 4. The molecule has 0 saturated carbocycles. The zero-order chi connectivity index (χ0) is 33.0. The Morgan fingerprint density at radius 2 is 0.812 bits per heavy atom. The van der Waals surface area contributed by atoms with E-state index in [1.807, 2.05) is 0 Å². The quantitative estimate of drug-likeness (QED) is 0.167.